The molecular formula is C22H26N2O5. The first-order chi connectivity index (χ1) is 13.8. The van der Waals surface area contributed by atoms with Crippen molar-refractivity contribution in [2.75, 3.05) is 27.4 Å². The molecule has 1 aromatic rings. The van der Waals surface area contributed by atoms with Crippen molar-refractivity contribution < 1.29 is 23.8 Å². The highest BCUT2D eigenvalue weighted by molar-refractivity contribution is 6.19. The molecule has 154 valence electrons. The molecule has 1 aliphatic rings. The smallest absolute Gasteiger partial charge is 0.271 e. The first-order valence-corrected chi connectivity index (χ1v) is 9.36. The number of benzene rings is 1. The summed E-state index contributed by atoms with van der Waals surface area (Å²) in [6.07, 6.45) is 2.20. The highest BCUT2D eigenvalue weighted by Crippen LogP contribution is 2.31. The van der Waals surface area contributed by atoms with E-state index in [0.717, 1.165) is 4.90 Å². The van der Waals surface area contributed by atoms with Crippen molar-refractivity contribution in [3.05, 3.63) is 40.5 Å². The number of carbonyl (C=O) groups is 2. The van der Waals surface area contributed by atoms with Crippen LogP contribution >= 0.6 is 0 Å². The average Bonchev–Trinajstić information content (AvgIpc) is 2.70. The Labute approximate surface area is 171 Å². The van der Waals surface area contributed by atoms with Crippen LogP contribution in [0.3, 0.4) is 0 Å². The monoisotopic (exact) mass is 398 g/mol. The molecule has 0 aliphatic carbocycles. The van der Waals surface area contributed by atoms with Crippen LogP contribution in [-0.4, -0.2) is 50.2 Å². The molecule has 0 spiro atoms. The summed E-state index contributed by atoms with van der Waals surface area (Å²) < 4.78 is 16.1. The van der Waals surface area contributed by atoms with Gasteiger partial charge in [-0.3, -0.25) is 14.5 Å². The molecule has 0 saturated carbocycles. The summed E-state index contributed by atoms with van der Waals surface area (Å²) in [6, 6.07) is 7.15. The lowest BCUT2D eigenvalue weighted by atomic mass is 9.93. The van der Waals surface area contributed by atoms with E-state index in [-0.39, 0.29) is 23.8 Å². The number of nitriles is 1. The standard InChI is InChI=1S/C22H26N2O5/c1-14(2)29-10-6-9-24-21(25)18(15(3)19(13-23)22(24)26)11-16-7-8-17(27-4)12-20(16)28-5/h7-8,11-12,14H,6,9-10H2,1-5H3/b18-11+. The first-order valence-electron chi connectivity index (χ1n) is 9.36. The Morgan fingerprint density at radius 1 is 1.17 bits per heavy atom. The van der Waals surface area contributed by atoms with Crippen molar-refractivity contribution >= 4 is 17.9 Å². The van der Waals surface area contributed by atoms with Crippen LogP contribution in [0, 0.1) is 11.3 Å². The topological polar surface area (TPSA) is 88.9 Å². The molecule has 0 bridgehead atoms. The van der Waals surface area contributed by atoms with E-state index in [9.17, 15) is 14.9 Å². The van der Waals surface area contributed by atoms with Crippen LogP contribution < -0.4 is 9.47 Å². The van der Waals surface area contributed by atoms with Crippen molar-refractivity contribution in [3.8, 4) is 17.6 Å². The summed E-state index contributed by atoms with van der Waals surface area (Å²) in [6.45, 7) is 6.04. The molecule has 0 atom stereocenters. The highest BCUT2D eigenvalue weighted by Gasteiger charge is 2.35. The van der Waals surface area contributed by atoms with Crippen LogP contribution in [0.2, 0.25) is 0 Å². The van der Waals surface area contributed by atoms with Gasteiger partial charge in [-0.05, 0) is 51.0 Å². The number of hydrogen-bond donors (Lipinski definition) is 0. The van der Waals surface area contributed by atoms with Gasteiger partial charge in [-0.2, -0.15) is 5.26 Å². The fraction of sp³-hybridized carbons (Fsp3) is 0.409. The number of nitrogens with zero attached hydrogens (tertiary/aromatic N) is 2. The minimum Gasteiger partial charge on any atom is -0.497 e. The van der Waals surface area contributed by atoms with Crippen LogP contribution in [0.5, 0.6) is 11.5 Å². The Hall–Kier alpha value is -3.11. The molecular weight excluding hydrogens is 372 g/mol. The second-order valence-electron chi connectivity index (χ2n) is 6.81. The third-order valence-corrected chi connectivity index (χ3v) is 4.54. The van der Waals surface area contributed by atoms with E-state index >= 15 is 0 Å². The molecule has 0 unspecified atom stereocenters. The zero-order chi connectivity index (χ0) is 21.6. The Morgan fingerprint density at radius 2 is 1.90 bits per heavy atom. The molecule has 1 aromatic carbocycles. The maximum atomic E-state index is 13.0. The lowest BCUT2D eigenvalue weighted by molar-refractivity contribution is -0.140. The molecule has 29 heavy (non-hydrogen) atoms. The van der Waals surface area contributed by atoms with E-state index in [2.05, 4.69) is 0 Å². The minimum atomic E-state index is -0.571. The lowest BCUT2D eigenvalue weighted by Crippen LogP contribution is -2.43. The predicted octanol–water partition coefficient (Wildman–Crippen LogP) is 3.11. The number of ether oxygens (including phenoxy) is 3. The van der Waals surface area contributed by atoms with E-state index in [1.807, 2.05) is 19.9 Å². The van der Waals surface area contributed by atoms with E-state index in [1.165, 1.54) is 7.11 Å². The largest absolute Gasteiger partial charge is 0.497 e. The fourth-order valence-electron chi connectivity index (χ4n) is 2.97. The molecule has 1 aliphatic heterocycles. The number of carbonyl (C=O) groups excluding carboxylic acids is 2. The van der Waals surface area contributed by atoms with Gasteiger partial charge in [-0.25, -0.2) is 0 Å². The summed E-state index contributed by atoms with van der Waals surface area (Å²) in [7, 11) is 3.07. The third kappa shape index (κ3) is 5.04. The van der Waals surface area contributed by atoms with Gasteiger partial charge in [0.25, 0.3) is 11.8 Å². The van der Waals surface area contributed by atoms with Crippen molar-refractivity contribution in [1.29, 1.82) is 5.26 Å². The predicted molar refractivity (Wildman–Crippen MR) is 108 cm³/mol. The number of imide groups is 1. The van der Waals surface area contributed by atoms with Crippen molar-refractivity contribution in [1.82, 2.24) is 4.90 Å². The normalized spacial score (nSPS) is 15.9. The number of methoxy groups -OCH3 is 2. The van der Waals surface area contributed by atoms with Crippen molar-refractivity contribution in [2.45, 2.75) is 33.3 Å². The van der Waals surface area contributed by atoms with E-state index in [0.29, 0.717) is 35.7 Å². The molecule has 7 nitrogen and oxygen atoms in total. The minimum absolute atomic E-state index is 0.0342. The van der Waals surface area contributed by atoms with Gasteiger partial charge in [0, 0.05) is 30.4 Å². The molecule has 0 fully saturated rings. The SMILES string of the molecule is COc1ccc(/C=C2/C(=O)N(CCCOC(C)C)C(=O)C(C#N)=C2C)c(OC)c1. The van der Waals surface area contributed by atoms with E-state index in [4.69, 9.17) is 14.2 Å². The van der Waals surface area contributed by atoms with Gasteiger partial charge in [-0.15, -0.1) is 0 Å². The summed E-state index contributed by atoms with van der Waals surface area (Å²) in [5.74, 6) is 0.128. The molecule has 2 rings (SSSR count). The van der Waals surface area contributed by atoms with Gasteiger partial charge in [0.1, 0.15) is 23.1 Å². The number of hydrogen-bond acceptors (Lipinski definition) is 6. The first kappa shape index (κ1) is 22.2. The lowest BCUT2D eigenvalue weighted by Gasteiger charge is -2.27. The molecule has 0 radical (unpaired) electrons. The Morgan fingerprint density at radius 3 is 2.48 bits per heavy atom. The molecule has 2 amide bonds. The van der Waals surface area contributed by atoms with Crippen LogP contribution in [0.1, 0.15) is 32.8 Å². The van der Waals surface area contributed by atoms with Crippen LogP contribution in [-0.2, 0) is 14.3 Å². The van der Waals surface area contributed by atoms with Crippen molar-refractivity contribution in [2.24, 2.45) is 0 Å². The quantitative estimate of drug-likeness (QED) is 0.380. The van der Waals surface area contributed by atoms with Gasteiger partial charge in [0.2, 0.25) is 0 Å². The van der Waals surface area contributed by atoms with Crippen LogP contribution in [0.15, 0.2) is 34.9 Å². The maximum absolute atomic E-state index is 13.0. The van der Waals surface area contributed by atoms with Gasteiger partial charge in [-0.1, -0.05) is 0 Å². The second kappa shape index (κ2) is 9.89. The Kier molecular flexibility index (Phi) is 7.57. The molecule has 0 saturated heterocycles. The third-order valence-electron chi connectivity index (χ3n) is 4.54. The summed E-state index contributed by atoms with van der Waals surface area (Å²) in [5.41, 5.74) is 1.25. The van der Waals surface area contributed by atoms with Gasteiger partial charge in [0.15, 0.2) is 0 Å². The van der Waals surface area contributed by atoms with Crippen LogP contribution in [0.25, 0.3) is 6.08 Å². The Balaban J connectivity index is 2.41. The molecule has 0 aromatic heterocycles. The number of rotatable bonds is 8. The highest BCUT2D eigenvalue weighted by atomic mass is 16.5. The summed E-state index contributed by atoms with van der Waals surface area (Å²) >= 11 is 0. The maximum Gasteiger partial charge on any atom is 0.271 e. The van der Waals surface area contributed by atoms with Gasteiger partial charge < -0.3 is 14.2 Å². The van der Waals surface area contributed by atoms with Gasteiger partial charge >= 0.3 is 0 Å². The fourth-order valence-corrected chi connectivity index (χ4v) is 2.97. The van der Waals surface area contributed by atoms with Crippen molar-refractivity contribution in [3.63, 3.8) is 0 Å². The average molecular weight is 398 g/mol. The Bertz CT molecular complexity index is 893. The molecule has 1 heterocycles. The molecule has 0 N–H and O–H groups in total. The molecule has 7 heteroatoms. The summed E-state index contributed by atoms with van der Waals surface area (Å²) in [4.78, 5) is 26.8. The van der Waals surface area contributed by atoms with E-state index in [1.54, 1.807) is 38.3 Å². The summed E-state index contributed by atoms with van der Waals surface area (Å²) in [5, 5.41) is 9.47. The van der Waals surface area contributed by atoms with Gasteiger partial charge in [0.05, 0.1) is 20.3 Å². The zero-order valence-electron chi connectivity index (χ0n) is 17.4. The zero-order valence-corrected chi connectivity index (χ0v) is 17.4. The van der Waals surface area contributed by atoms with Crippen LogP contribution in [0.4, 0.5) is 0 Å². The number of amides is 2. The van der Waals surface area contributed by atoms with E-state index < -0.39 is 11.8 Å². The second-order valence-corrected chi connectivity index (χ2v) is 6.81.